The number of nitrogens with two attached hydrogens (primary N) is 1. The number of aryl methyl sites for hydroxylation is 1. The molecule has 24 heteroatoms. The number of nitrogens with one attached hydrogen (secondary N) is 7. The van der Waals surface area contributed by atoms with E-state index in [2.05, 4.69) is 51.2 Å². The van der Waals surface area contributed by atoms with Gasteiger partial charge < -0.3 is 65.8 Å². The summed E-state index contributed by atoms with van der Waals surface area (Å²) in [6.07, 6.45) is 7.91. The number of carbonyl (C=O) groups excluding carboxylic acids is 5. The number of nitrogen functional groups attached to an aromatic ring is 1. The summed E-state index contributed by atoms with van der Waals surface area (Å²) in [5.41, 5.74) is 11.5. The molecule has 1 aliphatic rings. The van der Waals surface area contributed by atoms with E-state index in [-0.39, 0.29) is 102 Å². The Morgan fingerprint density at radius 1 is 0.863 bits per heavy atom. The molecule has 0 unspecified atom stereocenters. The van der Waals surface area contributed by atoms with Crippen LogP contribution in [0.3, 0.4) is 0 Å². The number of methoxy groups -OCH3 is 1. The molecule has 0 radical (unpaired) electrons. The Bertz CT molecular complexity index is 2840. The minimum absolute atomic E-state index is 0. The summed E-state index contributed by atoms with van der Waals surface area (Å²) in [6, 6.07) is 8.65. The third-order valence-electron chi connectivity index (χ3n) is 11.1. The van der Waals surface area contributed by atoms with Gasteiger partial charge in [-0.2, -0.15) is 4.98 Å². The van der Waals surface area contributed by atoms with E-state index in [1.165, 1.54) is 18.3 Å². The number of carboxylic acid groups (broad SMARTS) is 1. The van der Waals surface area contributed by atoms with Crippen LogP contribution in [0, 0.1) is 13.8 Å². The van der Waals surface area contributed by atoms with Crippen LogP contribution in [0.2, 0.25) is 0 Å². The van der Waals surface area contributed by atoms with Crippen molar-refractivity contribution in [1.82, 2.24) is 45.9 Å². The number of anilines is 2. The van der Waals surface area contributed by atoms with Crippen molar-refractivity contribution in [3.63, 3.8) is 0 Å². The molecular weight excluding hydrogens is 956 g/mol. The number of hydrogen-bond donors (Lipinski definition) is 8. The number of carboxylic acids is 1. The fourth-order valence-corrected chi connectivity index (χ4v) is 7.41. The standard InChI is InChI=1S/C49H60N12O11.Na/c1-29-36(25-38-40(69-3)26-37(58-38)34-7-4-16-51-34)56-30(2)43(29)39(62)13-15-42(64)53-18-6-20-71-22-24-72-23-21-70-19-5-17-52-41(63)14-12-35(48(67)68)59-46(65)31-8-10-32(11-9-31)54-27-33-28-55-45-44(57-33)47(66)61-49(50)60-45;/h4,7-11,16,25-26,28,35,51,54,56H,5-6,12-15,17-24,27H2,1-3H3,(H,52,63)(H,53,64)(H,59,65)(H,67,68)(H3,50,55,60,61,66);/q;+1/p-1/b38-25-;/t35-;/m0./s1. The first-order chi connectivity index (χ1) is 34.8. The molecule has 0 bridgehead atoms. The van der Waals surface area contributed by atoms with Gasteiger partial charge in [-0.1, -0.05) is 0 Å². The molecule has 3 amide bonds. The number of aromatic amines is 3. The largest absolute Gasteiger partial charge is 1.00 e. The maximum atomic E-state index is 13.2. The van der Waals surface area contributed by atoms with Crippen LogP contribution in [-0.4, -0.2) is 131 Å². The van der Waals surface area contributed by atoms with Crippen molar-refractivity contribution in [2.75, 3.05) is 70.9 Å². The zero-order valence-corrected chi connectivity index (χ0v) is 43.3. The van der Waals surface area contributed by atoms with E-state index in [9.17, 15) is 33.9 Å². The number of hydrogen-bond acceptors (Lipinski definition) is 17. The molecule has 1 atom stereocenters. The predicted molar refractivity (Wildman–Crippen MR) is 264 cm³/mol. The molecule has 1 aromatic carbocycles. The second-order valence-electron chi connectivity index (χ2n) is 16.5. The molecule has 9 N–H and O–H groups in total. The normalized spacial score (nSPS) is 12.9. The molecule has 5 aromatic rings. The van der Waals surface area contributed by atoms with Crippen LogP contribution < -0.4 is 67.2 Å². The number of fused-ring (bicyclic) bond motifs is 1. The minimum Gasteiger partial charge on any atom is -0.548 e. The quantitative estimate of drug-likeness (QED) is 0.0154. The third kappa shape index (κ3) is 17.3. The van der Waals surface area contributed by atoms with Gasteiger partial charge >= 0.3 is 29.6 Å². The fourth-order valence-electron chi connectivity index (χ4n) is 7.41. The van der Waals surface area contributed by atoms with Crippen LogP contribution >= 0.6 is 0 Å². The first-order valence-corrected chi connectivity index (χ1v) is 23.4. The van der Waals surface area contributed by atoms with Crippen molar-refractivity contribution >= 4 is 64.1 Å². The number of allylic oxidation sites excluding steroid dienone is 1. The predicted octanol–water partition coefficient (Wildman–Crippen LogP) is -1.09. The third-order valence-corrected chi connectivity index (χ3v) is 11.1. The zero-order valence-electron chi connectivity index (χ0n) is 41.3. The van der Waals surface area contributed by atoms with Crippen LogP contribution in [0.15, 0.2) is 76.1 Å². The summed E-state index contributed by atoms with van der Waals surface area (Å²) in [6.45, 7) is 6.83. The molecule has 0 saturated heterocycles. The van der Waals surface area contributed by atoms with Gasteiger partial charge in [0.2, 0.25) is 17.8 Å². The van der Waals surface area contributed by atoms with Crippen LogP contribution in [-0.2, 0) is 39.9 Å². The summed E-state index contributed by atoms with van der Waals surface area (Å²) in [4.78, 5) is 101. The Balaban J connectivity index is 0.00000988. The van der Waals surface area contributed by atoms with Crippen molar-refractivity contribution in [3.05, 3.63) is 116 Å². The summed E-state index contributed by atoms with van der Waals surface area (Å²) in [5, 5.41) is 22.8. The molecule has 5 heterocycles. The number of rotatable bonds is 30. The van der Waals surface area contributed by atoms with Gasteiger partial charge in [-0.05, 0) is 81.1 Å². The summed E-state index contributed by atoms with van der Waals surface area (Å²) >= 11 is 0. The van der Waals surface area contributed by atoms with Crippen LogP contribution in [0.4, 0.5) is 11.6 Å². The maximum Gasteiger partial charge on any atom is 1.00 e. The Hall–Kier alpha value is -7.02. The number of carbonyl (C=O) groups is 5. The van der Waals surface area contributed by atoms with Crippen LogP contribution in [0.1, 0.15) is 87.6 Å². The molecule has 0 aliphatic carbocycles. The number of ketones is 1. The molecule has 0 fully saturated rings. The number of aromatic nitrogens is 6. The second kappa shape index (κ2) is 28.9. The van der Waals surface area contributed by atoms with E-state index in [1.54, 1.807) is 19.2 Å². The first kappa shape index (κ1) is 56.9. The van der Waals surface area contributed by atoms with Crippen molar-refractivity contribution in [1.29, 1.82) is 0 Å². The van der Waals surface area contributed by atoms with E-state index < -0.39 is 23.5 Å². The number of ether oxygens (including phenoxy) is 4. The van der Waals surface area contributed by atoms with Crippen molar-refractivity contribution in [3.8, 4) is 0 Å². The van der Waals surface area contributed by atoms with Gasteiger partial charge in [0.15, 0.2) is 16.9 Å². The second-order valence-corrected chi connectivity index (χ2v) is 16.5. The number of aliphatic imine (C=N–C) groups is 1. The molecule has 0 spiro atoms. The van der Waals surface area contributed by atoms with E-state index in [0.29, 0.717) is 94.0 Å². The van der Waals surface area contributed by atoms with Crippen LogP contribution in [0.25, 0.3) is 17.2 Å². The fraction of sp³-hybridized carbons (Fsp3) is 0.388. The van der Waals surface area contributed by atoms with Crippen molar-refractivity contribution in [2.24, 2.45) is 4.99 Å². The van der Waals surface area contributed by atoms with Gasteiger partial charge in [0.05, 0.1) is 75.4 Å². The molecule has 1 aliphatic heterocycles. The number of H-pyrrole nitrogens is 3. The monoisotopic (exact) mass is 1010 g/mol. The molecule has 4 aromatic heterocycles. The number of amides is 3. The molecular formula is C49H59N12NaO11. The summed E-state index contributed by atoms with van der Waals surface area (Å²) < 4.78 is 22.2. The van der Waals surface area contributed by atoms with Gasteiger partial charge in [0.1, 0.15) is 11.5 Å². The number of nitrogens with zero attached hydrogens (tertiary/aromatic N) is 4. The van der Waals surface area contributed by atoms with Gasteiger partial charge in [-0.15, -0.1) is 0 Å². The molecule has 23 nitrogen and oxygen atoms in total. The topological polar surface area (TPSA) is 335 Å². The van der Waals surface area contributed by atoms with Crippen molar-refractivity contribution < 1.29 is 77.6 Å². The molecule has 6 rings (SSSR count). The number of Topliss-reactive ketones (excluding diaryl/α,β-unsaturated/α-hetero) is 1. The van der Waals surface area contributed by atoms with Gasteiger partial charge in [0.25, 0.3) is 11.5 Å². The van der Waals surface area contributed by atoms with Gasteiger partial charge in [0, 0.05) is 86.0 Å². The minimum atomic E-state index is -1.52. The summed E-state index contributed by atoms with van der Waals surface area (Å²) in [7, 11) is 1.59. The SMILES string of the molecule is COC1=CC(c2ccc[nH]2)=N/C1=C\c1[nH]c(C)c(C(=O)CCC(=O)NCCCOCCOCCOCCCNC(=O)CC[C@H](NC(=O)c2ccc(NCc3cnc4nc(N)[nH]c(=O)c4n3)cc2)C(=O)[O-])c1C.[Na+]. The maximum absolute atomic E-state index is 13.2. The Morgan fingerprint density at radius 2 is 1.53 bits per heavy atom. The Kier molecular flexibility index (Phi) is 22.5. The smallest absolute Gasteiger partial charge is 0.548 e. The van der Waals surface area contributed by atoms with E-state index in [4.69, 9.17) is 29.7 Å². The van der Waals surface area contributed by atoms with Gasteiger partial charge in [-0.25, -0.2) is 15.0 Å². The van der Waals surface area contributed by atoms with E-state index in [1.807, 2.05) is 44.3 Å². The van der Waals surface area contributed by atoms with Crippen molar-refractivity contribution in [2.45, 2.75) is 65.0 Å². The molecule has 0 saturated carbocycles. The number of benzene rings is 1. The summed E-state index contributed by atoms with van der Waals surface area (Å²) in [5.74, 6) is -2.34. The van der Waals surface area contributed by atoms with E-state index >= 15 is 0 Å². The molecule has 382 valence electrons. The Labute approximate surface area is 442 Å². The Morgan fingerprint density at radius 3 is 2.18 bits per heavy atom. The average molecular weight is 1020 g/mol. The molecule has 73 heavy (non-hydrogen) atoms. The van der Waals surface area contributed by atoms with E-state index in [0.717, 1.165) is 28.4 Å². The number of aliphatic carboxylic acids is 1. The van der Waals surface area contributed by atoms with Gasteiger partial charge in [-0.3, -0.25) is 29.0 Å². The average Bonchev–Trinajstić information content (AvgIpc) is 4.12. The van der Waals surface area contributed by atoms with Crippen LogP contribution in [0.5, 0.6) is 0 Å². The first-order valence-electron chi connectivity index (χ1n) is 23.4. The zero-order chi connectivity index (χ0) is 51.4.